The first-order chi connectivity index (χ1) is 12.2. The fraction of sp³-hybridized carbons (Fsp3) is 0.250. The van der Waals surface area contributed by atoms with E-state index in [1.54, 1.807) is 20.8 Å². The highest BCUT2D eigenvalue weighted by Crippen LogP contribution is 2.29. The molecule has 26 heavy (non-hydrogen) atoms. The van der Waals surface area contributed by atoms with Crippen LogP contribution in [0.25, 0.3) is 0 Å². The summed E-state index contributed by atoms with van der Waals surface area (Å²) in [4.78, 5) is 30.9. The molecule has 0 saturated carbocycles. The summed E-state index contributed by atoms with van der Waals surface area (Å²) in [5.41, 5.74) is 0.980. The Labute approximate surface area is 158 Å². The summed E-state index contributed by atoms with van der Waals surface area (Å²) >= 11 is 7.11. The number of aryl methyl sites for hydroxylation is 2. The Morgan fingerprint density at radius 2 is 2.12 bits per heavy atom. The molecule has 1 aromatic carbocycles. The maximum atomic E-state index is 12.4. The number of nitro groups is 1. The van der Waals surface area contributed by atoms with E-state index in [1.807, 2.05) is 6.07 Å². The number of halogens is 1. The van der Waals surface area contributed by atoms with E-state index >= 15 is 0 Å². The summed E-state index contributed by atoms with van der Waals surface area (Å²) in [6.45, 7) is 5.07. The molecule has 0 aliphatic carbocycles. The number of hydrogen-bond acceptors (Lipinski definition) is 7. The van der Waals surface area contributed by atoms with E-state index in [0.29, 0.717) is 22.1 Å². The van der Waals surface area contributed by atoms with Gasteiger partial charge in [-0.05, 0) is 26.8 Å². The molecular weight excluding hydrogens is 378 g/mol. The molecule has 0 bridgehead atoms. The van der Waals surface area contributed by atoms with Gasteiger partial charge in [0.25, 0.3) is 5.69 Å². The molecule has 8 nitrogen and oxygen atoms in total. The van der Waals surface area contributed by atoms with E-state index < -0.39 is 10.2 Å². The topological polar surface area (TPSA) is 122 Å². The second-order valence-electron chi connectivity index (χ2n) is 5.32. The van der Waals surface area contributed by atoms with Crippen molar-refractivity contribution < 1.29 is 9.72 Å². The van der Waals surface area contributed by atoms with Gasteiger partial charge in [-0.2, -0.15) is 5.26 Å². The number of nitriles is 1. The number of carbonyl (C=O) groups excluding carboxylic acids is 1. The number of thioether (sulfide) groups is 1. The molecule has 1 atom stereocenters. The Morgan fingerprint density at radius 1 is 1.42 bits per heavy atom. The van der Waals surface area contributed by atoms with Crippen LogP contribution in [0.3, 0.4) is 0 Å². The van der Waals surface area contributed by atoms with Crippen LogP contribution in [0.4, 0.5) is 11.4 Å². The molecule has 0 spiro atoms. The Morgan fingerprint density at radius 3 is 2.69 bits per heavy atom. The van der Waals surface area contributed by atoms with Crippen molar-refractivity contribution in [3.05, 3.63) is 50.4 Å². The van der Waals surface area contributed by atoms with Gasteiger partial charge in [0.05, 0.1) is 26.6 Å². The molecule has 0 aliphatic rings. The number of hydrogen-bond donors (Lipinski definition) is 1. The van der Waals surface area contributed by atoms with Crippen LogP contribution in [0, 0.1) is 35.3 Å². The third kappa shape index (κ3) is 4.47. The zero-order valence-corrected chi connectivity index (χ0v) is 15.7. The minimum absolute atomic E-state index is 0.0659. The van der Waals surface area contributed by atoms with Crippen molar-refractivity contribution in [2.75, 3.05) is 5.32 Å². The highest BCUT2D eigenvalue weighted by atomic mass is 35.5. The maximum Gasteiger partial charge on any atom is 0.271 e. The average molecular weight is 392 g/mol. The van der Waals surface area contributed by atoms with Crippen LogP contribution >= 0.6 is 23.4 Å². The van der Waals surface area contributed by atoms with Crippen molar-refractivity contribution in [1.29, 1.82) is 5.26 Å². The quantitative estimate of drug-likeness (QED) is 0.357. The first kappa shape index (κ1) is 19.6. The number of nitrogens with one attached hydrogen (secondary N) is 1. The number of anilines is 1. The molecule has 1 N–H and O–H groups in total. The average Bonchev–Trinajstić information content (AvgIpc) is 2.56. The summed E-state index contributed by atoms with van der Waals surface area (Å²) in [6.07, 6.45) is 0. The number of non-ortho nitro benzene ring substituents is 1. The first-order valence-electron chi connectivity index (χ1n) is 7.39. The second kappa shape index (κ2) is 8.12. The second-order valence-corrected chi connectivity index (χ2v) is 7.06. The number of aromatic nitrogens is 2. The standard InChI is InChI=1S/C16H14ClN5O3S/c1-8-12(7-18)16(20-10(3)19-8)26-9(2)15(23)21-14-5-4-11(22(24)25)6-13(14)17/h4-6,9H,1-3H3,(H,21,23). The molecule has 2 rings (SSSR count). The Balaban J connectivity index is 2.17. The van der Waals surface area contributed by atoms with Crippen LogP contribution in [0.1, 0.15) is 24.0 Å². The van der Waals surface area contributed by atoms with Crippen molar-refractivity contribution in [3.63, 3.8) is 0 Å². The van der Waals surface area contributed by atoms with Crippen LogP contribution < -0.4 is 5.32 Å². The number of nitrogens with zero attached hydrogens (tertiary/aromatic N) is 4. The zero-order chi connectivity index (χ0) is 19.4. The molecule has 134 valence electrons. The minimum atomic E-state index is -0.581. The number of amides is 1. The van der Waals surface area contributed by atoms with E-state index in [0.717, 1.165) is 11.8 Å². The van der Waals surface area contributed by atoms with Crippen molar-refractivity contribution in [2.45, 2.75) is 31.0 Å². The number of rotatable bonds is 5. The highest BCUT2D eigenvalue weighted by molar-refractivity contribution is 8.00. The lowest BCUT2D eigenvalue weighted by atomic mass is 10.2. The summed E-state index contributed by atoms with van der Waals surface area (Å²) in [5.74, 6) is 0.138. The lowest BCUT2D eigenvalue weighted by Gasteiger charge is -2.14. The lowest BCUT2D eigenvalue weighted by Crippen LogP contribution is -2.23. The Hall–Kier alpha value is -2.70. The normalized spacial score (nSPS) is 11.5. The SMILES string of the molecule is Cc1nc(C)c(C#N)c(SC(C)C(=O)Nc2ccc([N+](=O)[O-])cc2Cl)n1. The summed E-state index contributed by atoms with van der Waals surface area (Å²) in [6, 6.07) is 5.84. The van der Waals surface area contributed by atoms with Crippen molar-refractivity contribution >= 4 is 40.6 Å². The fourth-order valence-corrected chi connectivity index (χ4v) is 3.29. The summed E-state index contributed by atoms with van der Waals surface area (Å²) < 4.78 is 0. The molecule has 1 heterocycles. The van der Waals surface area contributed by atoms with Gasteiger partial charge >= 0.3 is 0 Å². The van der Waals surface area contributed by atoms with E-state index in [-0.39, 0.29) is 22.3 Å². The van der Waals surface area contributed by atoms with Gasteiger partial charge in [0.1, 0.15) is 22.5 Å². The molecule has 0 radical (unpaired) electrons. The van der Waals surface area contributed by atoms with Crippen molar-refractivity contribution in [1.82, 2.24) is 9.97 Å². The van der Waals surface area contributed by atoms with E-state index in [9.17, 15) is 20.2 Å². The van der Waals surface area contributed by atoms with Gasteiger partial charge in [-0.3, -0.25) is 14.9 Å². The fourth-order valence-electron chi connectivity index (χ4n) is 2.07. The molecule has 0 aliphatic heterocycles. The molecule has 2 aromatic rings. The minimum Gasteiger partial charge on any atom is -0.324 e. The molecule has 1 aromatic heterocycles. The molecule has 0 saturated heterocycles. The molecule has 1 unspecified atom stereocenters. The Kier molecular flexibility index (Phi) is 6.13. The van der Waals surface area contributed by atoms with E-state index in [2.05, 4.69) is 15.3 Å². The van der Waals surface area contributed by atoms with Crippen LogP contribution in [-0.4, -0.2) is 26.0 Å². The predicted octanol–water partition coefficient (Wildman–Crippen LogP) is 3.65. The monoisotopic (exact) mass is 391 g/mol. The van der Waals surface area contributed by atoms with Crippen molar-refractivity contribution in [2.24, 2.45) is 0 Å². The molecule has 10 heteroatoms. The van der Waals surface area contributed by atoms with Gasteiger partial charge in [-0.15, -0.1) is 0 Å². The van der Waals surface area contributed by atoms with Crippen LogP contribution in [0.2, 0.25) is 5.02 Å². The number of benzene rings is 1. The van der Waals surface area contributed by atoms with Gasteiger partial charge in [0, 0.05) is 12.1 Å². The smallest absolute Gasteiger partial charge is 0.271 e. The van der Waals surface area contributed by atoms with Crippen molar-refractivity contribution in [3.8, 4) is 6.07 Å². The number of carbonyl (C=O) groups is 1. The molecular formula is C16H14ClN5O3S. The van der Waals surface area contributed by atoms with Gasteiger partial charge in [-0.25, -0.2) is 9.97 Å². The predicted molar refractivity (Wildman–Crippen MR) is 98.3 cm³/mol. The zero-order valence-electron chi connectivity index (χ0n) is 14.1. The summed E-state index contributed by atoms with van der Waals surface area (Å²) in [7, 11) is 0. The lowest BCUT2D eigenvalue weighted by molar-refractivity contribution is -0.384. The van der Waals surface area contributed by atoms with Crippen LogP contribution in [0.15, 0.2) is 23.2 Å². The largest absolute Gasteiger partial charge is 0.324 e. The summed E-state index contributed by atoms with van der Waals surface area (Å²) in [5, 5.41) is 22.5. The Bertz CT molecular complexity index is 929. The van der Waals surface area contributed by atoms with Gasteiger partial charge in [-0.1, -0.05) is 23.4 Å². The third-order valence-electron chi connectivity index (χ3n) is 3.36. The number of nitro benzene ring substituents is 1. The van der Waals surface area contributed by atoms with Gasteiger partial charge < -0.3 is 5.32 Å². The maximum absolute atomic E-state index is 12.4. The highest BCUT2D eigenvalue weighted by Gasteiger charge is 2.20. The van der Waals surface area contributed by atoms with Crippen LogP contribution in [0.5, 0.6) is 0 Å². The third-order valence-corrected chi connectivity index (χ3v) is 4.76. The van der Waals surface area contributed by atoms with E-state index in [4.69, 9.17) is 11.6 Å². The van der Waals surface area contributed by atoms with Gasteiger partial charge in [0.2, 0.25) is 5.91 Å². The first-order valence-corrected chi connectivity index (χ1v) is 8.65. The molecule has 1 amide bonds. The molecule has 0 fully saturated rings. The van der Waals surface area contributed by atoms with E-state index in [1.165, 1.54) is 18.2 Å². The van der Waals surface area contributed by atoms with Gasteiger partial charge in [0.15, 0.2) is 0 Å². The van der Waals surface area contributed by atoms with Crippen LogP contribution in [-0.2, 0) is 4.79 Å².